The fourth-order valence-corrected chi connectivity index (χ4v) is 2.32. The minimum absolute atomic E-state index is 0.0180. The molecule has 4 heteroatoms. The molecule has 0 heterocycles. The molecule has 108 valence electrons. The van der Waals surface area contributed by atoms with Gasteiger partial charge in [-0.3, -0.25) is 4.79 Å². The van der Waals surface area contributed by atoms with E-state index in [9.17, 15) is 4.79 Å². The third-order valence-electron chi connectivity index (χ3n) is 3.47. The lowest BCUT2D eigenvalue weighted by atomic mass is 10.0. The second-order valence-electron chi connectivity index (χ2n) is 4.79. The molecule has 2 aromatic carbocycles. The molecule has 0 spiro atoms. The molecule has 2 aromatic rings. The van der Waals surface area contributed by atoms with Crippen molar-refractivity contribution in [3.8, 4) is 0 Å². The average Bonchev–Trinajstić information content (AvgIpc) is 2.53. The van der Waals surface area contributed by atoms with E-state index in [4.69, 9.17) is 18.0 Å². The van der Waals surface area contributed by atoms with Crippen molar-refractivity contribution in [2.24, 2.45) is 5.73 Å². The predicted molar refractivity (Wildman–Crippen MR) is 90.9 cm³/mol. The van der Waals surface area contributed by atoms with Gasteiger partial charge in [-0.1, -0.05) is 37.3 Å². The highest BCUT2D eigenvalue weighted by atomic mass is 32.1. The number of benzene rings is 2. The van der Waals surface area contributed by atoms with Crippen molar-refractivity contribution < 1.29 is 4.79 Å². The Labute approximate surface area is 130 Å². The van der Waals surface area contributed by atoms with E-state index in [0.29, 0.717) is 4.99 Å². The van der Waals surface area contributed by atoms with Crippen LogP contribution in [0.3, 0.4) is 0 Å². The maximum Gasteiger partial charge on any atom is 0.258 e. The zero-order chi connectivity index (χ0) is 15.4. The van der Waals surface area contributed by atoms with Crippen LogP contribution in [0.15, 0.2) is 48.5 Å². The van der Waals surface area contributed by atoms with Crippen LogP contribution in [0, 0.1) is 0 Å². The summed E-state index contributed by atoms with van der Waals surface area (Å²) in [5.74, 6) is -0.0180. The molecule has 0 saturated carbocycles. The summed E-state index contributed by atoms with van der Waals surface area (Å²) in [6.45, 7) is 2.04. The van der Waals surface area contributed by atoms with Crippen molar-refractivity contribution in [2.75, 3.05) is 11.9 Å². The van der Waals surface area contributed by atoms with Crippen LogP contribution in [-0.2, 0) is 6.42 Å². The molecule has 0 unspecified atom stereocenters. The predicted octanol–water partition coefficient (Wildman–Crippen LogP) is 3.16. The maximum absolute atomic E-state index is 12.6. The first-order valence-corrected chi connectivity index (χ1v) is 7.21. The molecule has 0 fully saturated rings. The molecule has 0 aromatic heterocycles. The number of hydrogen-bond donors (Lipinski definition) is 1. The van der Waals surface area contributed by atoms with Gasteiger partial charge in [0.25, 0.3) is 5.91 Å². The zero-order valence-corrected chi connectivity index (χ0v) is 13.0. The third kappa shape index (κ3) is 3.28. The van der Waals surface area contributed by atoms with Gasteiger partial charge in [0.1, 0.15) is 4.99 Å². The monoisotopic (exact) mass is 298 g/mol. The number of carbonyl (C=O) groups excluding carboxylic acids is 1. The Bertz CT molecular complexity index is 665. The first kappa shape index (κ1) is 15.2. The van der Waals surface area contributed by atoms with Gasteiger partial charge in [0, 0.05) is 23.9 Å². The minimum atomic E-state index is -0.0180. The van der Waals surface area contributed by atoms with Crippen LogP contribution < -0.4 is 10.6 Å². The van der Waals surface area contributed by atoms with E-state index < -0.39 is 0 Å². The summed E-state index contributed by atoms with van der Waals surface area (Å²) in [6, 6.07) is 15.0. The van der Waals surface area contributed by atoms with Crippen molar-refractivity contribution in [2.45, 2.75) is 13.3 Å². The van der Waals surface area contributed by atoms with Gasteiger partial charge < -0.3 is 10.6 Å². The highest BCUT2D eigenvalue weighted by Gasteiger charge is 2.16. The van der Waals surface area contributed by atoms with E-state index in [1.54, 1.807) is 11.9 Å². The summed E-state index contributed by atoms with van der Waals surface area (Å²) >= 11 is 4.93. The summed E-state index contributed by atoms with van der Waals surface area (Å²) in [5.41, 5.74) is 8.97. The van der Waals surface area contributed by atoms with Crippen LogP contribution in [0.1, 0.15) is 28.4 Å². The van der Waals surface area contributed by atoms with Crippen LogP contribution in [0.25, 0.3) is 0 Å². The molecule has 0 bridgehead atoms. The highest BCUT2D eigenvalue weighted by molar-refractivity contribution is 7.80. The Kier molecular flexibility index (Phi) is 4.70. The molecular formula is C17H18N2OS. The van der Waals surface area contributed by atoms with Crippen LogP contribution in [0.4, 0.5) is 5.69 Å². The van der Waals surface area contributed by atoms with Gasteiger partial charge >= 0.3 is 0 Å². The number of nitrogens with two attached hydrogens (primary N) is 1. The zero-order valence-electron chi connectivity index (χ0n) is 12.2. The van der Waals surface area contributed by atoms with Crippen LogP contribution in [0.2, 0.25) is 0 Å². The number of thiocarbonyl (C=S) groups is 1. The largest absolute Gasteiger partial charge is 0.389 e. The fraction of sp³-hybridized carbons (Fsp3) is 0.176. The molecule has 2 rings (SSSR count). The topological polar surface area (TPSA) is 46.3 Å². The van der Waals surface area contributed by atoms with E-state index in [0.717, 1.165) is 28.8 Å². The molecule has 0 aliphatic rings. The number of nitrogens with zero attached hydrogens (tertiary/aromatic N) is 1. The summed E-state index contributed by atoms with van der Waals surface area (Å²) in [7, 11) is 1.77. The molecule has 21 heavy (non-hydrogen) atoms. The van der Waals surface area contributed by atoms with E-state index in [-0.39, 0.29) is 5.91 Å². The lowest BCUT2D eigenvalue weighted by Gasteiger charge is -2.19. The van der Waals surface area contributed by atoms with Gasteiger partial charge in [-0.2, -0.15) is 0 Å². The summed E-state index contributed by atoms with van der Waals surface area (Å²) in [5, 5.41) is 0. The van der Waals surface area contributed by atoms with Crippen LogP contribution in [-0.4, -0.2) is 17.9 Å². The second-order valence-corrected chi connectivity index (χ2v) is 5.23. The molecule has 0 saturated heterocycles. The van der Waals surface area contributed by atoms with Crippen molar-refractivity contribution in [3.05, 3.63) is 65.2 Å². The van der Waals surface area contributed by atoms with Crippen molar-refractivity contribution >= 4 is 28.8 Å². The number of anilines is 1. The van der Waals surface area contributed by atoms with Gasteiger partial charge in [-0.05, 0) is 42.3 Å². The molecule has 2 N–H and O–H groups in total. The number of rotatable bonds is 4. The highest BCUT2D eigenvalue weighted by Crippen LogP contribution is 2.19. The Morgan fingerprint density at radius 1 is 1.14 bits per heavy atom. The Hall–Kier alpha value is -2.20. The molecule has 0 atom stereocenters. The number of amides is 1. The Morgan fingerprint density at radius 3 is 2.33 bits per heavy atom. The van der Waals surface area contributed by atoms with Crippen molar-refractivity contribution in [1.82, 2.24) is 0 Å². The maximum atomic E-state index is 12.6. The van der Waals surface area contributed by atoms with E-state index in [1.807, 2.05) is 55.5 Å². The summed E-state index contributed by atoms with van der Waals surface area (Å²) < 4.78 is 0. The molecule has 0 aliphatic carbocycles. The smallest absolute Gasteiger partial charge is 0.258 e. The molecule has 3 nitrogen and oxygen atoms in total. The SMILES string of the molecule is CCc1ccccc1C(=O)N(C)c1ccc(C(N)=S)cc1. The summed E-state index contributed by atoms with van der Waals surface area (Å²) in [6.07, 6.45) is 0.829. The molecule has 0 aliphatic heterocycles. The standard InChI is InChI=1S/C17H18N2OS/c1-3-12-6-4-5-7-15(12)17(20)19(2)14-10-8-13(9-11-14)16(18)21/h4-11H,3H2,1-2H3,(H2,18,21). The molecule has 0 radical (unpaired) electrons. The lowest BCUT2D eigenvalue weighted by molar-refractivity contribution is 0.0992. The van der Waals surface area contributed by atoms with Gasteiger partial charge in [0.05, 0.1) is 0 Å². The summed E-state index contributed by atoms with van der Waals surface area (Å²) in [4.78, 5) is 14.6. The van der Waals surface area contributed by atoms with Crippen LogP contribution in [0.5, 0.6) is 0 Å². The molecule has 1 amide bonds. The van der Waals surface area contributed by atoms with Gasteiger partial charge in [-0.25, -0.2) is 0 Å². The van der Waals surface area contributed by atoms with E-state index >= 15 is 0 Å². The van der Waals surface area contributed by atoms with Gasteiger partial charge in [0.15, 0.2) is 0 Å². The normalized spacial score (nSPS) is 10.2. The van der Waals surface area contributed by atoms with E-state index in [1.165, 1.54) is 0 Å². The van der Waals surface area contributed by atoms with Crippen molar-refractivity contribution in [1.29, 1.82) is 0 Å². The average molecular weight is 298 g/mol. The minimum Gasteiger partial charge on any atom is -0.389 e. The number of hydrogen-bond acceptors (Lipinski definition) is 2. The first-order valence-electron chi connectivity index (χ1n) is 6.80. The Balaban J connectivity index is 2.28. The lowest BCUT2D eigenvalue weighted by Crippen LogP contribution is -2.27. The second kappa shape index (κ2) is 6.50. The van der Waals surface area contributed by atoms with Crippen molar-refractivity contribution in [3.63, 3.8) is 0 Å². The first-order chi connectivity index (χ1) is 10.0. The quantitative estimate of drug-likeness (QED) is 0.882. The van der Waals surface area contributed by atoms with Crippen LogP contribution >= 0.6 is 12.2 Å². The molecular weight excluding hydrogens is 280 g/mol. The van der Waals surface area contributed by atoms with E-state index in [2.05, 4.69) is 0 Å². The Morgan fingerprint density at radius 2 is 1.76 bits per heavy atom. The van der Waals surface area contributed by atoms with Gasteiger partial charge in [-0.15, -0.1) is 0 Å². The number of carbonyl (C=O) groups is 1. The fourth-order valence-electron chi connectivity index (χ4n) is 2.18. The van der Waals surface area contributed by atoms with Gasteiger partial charge in [0.2, 0.25) is 0 Å². The number of aryl methyl sites for hydroxylation is 1. The third-order valence-corrected chi connectivity index (χ3v) is 3.71.